The van der Waals surface area contributed by atoms with Crippen molar-refractivity contribution in [2.75, 3.05) is 7.11 Å². The van der Waals surface area contributed by atoms with E-state index in [0.29, 0.717) is 6.07 Å². The van der Waals surface area contributed by atoms with Crippen molar-refractivity contribution in [3.8, 4) is 0 Å². The molecule has 1 rings (SSSR count). The molecule has 0 N–H and O–H groups in total. The molecule has 0 aliphatic rings. The Morgan fingerprint density at radius 3 is 2.12 bits per heavy atom. The minimum Gasteiger partial charge on any atom is -0.464 e. The summed E-state index contributed by atoms with van der Waals surface area (Å²) >= 11 is 0. The highest BCUT2D eigenvalue weighted by molar-refractivity contribution is 5.79. The molecule has 0 saturated carbocycles. The van der Waals surface area contributed by atoms with Gasteiger partial charge in [-0.05, 0) is 12.1 Å². The largest absolute Gasteiger partial charge is 0.464 e. The lowest BCUT2D eigenvalue weighted by Gasteiger charge is -2.15. The van der Waals surface area contributed by atoms with E-state index in [-0.39, 0.29) is 6.07 Å². The molecule has 1 aromatic carbocycles. The number of esters is 1. The fraction of sp³-hybridized carbons (Fsp3) is 0.300. The van der Waals surface area contributed by atoms with Gasteiger partial charge in [0.15, 0.2) is 0 Å². The molecule has 0 amide bonds. The van der Waals surface area contributed by atoms with Crippen LogP contribution < -0.4 is 0 Å². The molecule has 0 aromatic heterocycles. The predicted molar refractivity (Wildman–Crippen MR) is 47.4 cm³/mol. The van der Waals surface area contributed by atoms with Gasteiger partial charge in [0.25, 0.3) is 0 Å². The van der Waals surface area contributed by atoms with Crippen LogP contribution in [0.3, 0.4) is 0 Å². The molecule has 0 bridgehead atoms. The van der Waals surface area contributed by atoms with Crippen LogP contribution >= 0.6 is 0 Å². The second-order valence-electron chi connectivity index (χ2n) is 3.14. The van der Waals surface area contributed by atoms with Gasteiger partial charge in [-0.25, -0.2) is 4.79 Å². The molecule has 2 nitrogen and oxygen atoms in total. The van der Waals surface area contributed by atoms with Gasteiger partial charge < -0.3 is 4.74 Å². The number of ether oxygens (including phenoxy) is 1. The van der Waals surface area contributed by atoms with Crippen molar-refractivity contribution in [1.29, 1.82) is 0 Å². The van der Waals surface area contributed by atoms with Gasteiger partial charge in [0, 0.05) is 5.56 Å². The zero-order valence-electron chi connectivity index (χ0n) is 8.52. The second kappa shape index (κ2) is 4.31. The van der Waals surface area contributed by atoms with Crippen LogP contribution in [0.25, 0.3) is 0 Å². The van der Waals surface area contributed by atoms with Gasteiger partial charge in [-0.15, -0.1) is 0 Å². The van der Waals surface area contributed by atoms with Crippen molar-refractivity contribution in [3.05, 3.63) is 35.4 Å². The van der Waals surface area contributed by atoms with Gasteiger partial charge in [-0.1, -0.05) is 12.1 Å². The summed E-state index contributed by atoms with van der Waals surface area (Å²) < 4.78 is 67.2. The quantitative estimate of drug-likeness (QED) is 0.599. The number of carbonyl (C=O) groups is 1. The zero-order valence-corrected chi connectivity index (χ0v) is 8.52. The highest BCUT2D eigenvalue weighted by atomic mass is 19.4. The van der Waals surface area contributed by atoms with E-state index in [1.54, 1.807) is 0 Å². The lowest BCUT2D eigenvalue weighted by atomic mass is 10.1. The Hall–Kier alpha value is -1.66. The van der Waals surface area contributed by atoms with E-state index in [1.807, 2.05) is 0 Å². The standard InChI is InChI=1S/C10H7F5O2/c1-17-8(16)9(11,12)6-3-2-4-7(5-6)10(13,14)15/h2-5H,1H3. The van der Waals surface area contributed by atoms with Crippen LogP contribution in [0.2, 0.25) is 0 Å². The molecular weight excluding hydrogens is 247 g/mol. The van der Waals surface area contributed by atoms with Crippen LogP contribution in [0.15, 0.2) is 24.3 Å². The first-order valence-electron chi connectivity index (χ1n) is 4.33. The van der Waals surface area contributed by atoms with Gasteiger partial charge >= 0.3 is 18.1 Å². The molecule has 17 heavy (non-hydrogen) atoms. The normalized spacial score (nSPS) is 12.4. The summed E-state index contributed by atoms with van der Waals surface area (Å²) in [7, 11) is 0.726. The first kappa shape index (κ1) is 13.4. The molecule has 0 saturated heterocycles. The molecule has 0 aliphatic heterocycles. The van der Waals surface area contributed by atoms with Gasteiger partial charge in [-0.2, -0.15) is 22.0 Å². The molecule has 94 valence electrons. The number of alkyl halides is 5. The molecule has 0 aliphatic carbocycles. The Morgan fingerprint density at radius 1 is 1.12 bits per heavy atom. The van der Waals surface area contributed by atoms with E-state index in [2.05, 4.69) is 4.74 Å². The molecule has 1 aromatic rings. The van der Waals surface area contributed by atoms with Crippen molar-refractivity contribution < 1.29 is 31.5 Å². The van der Waals surface area contributed by atoms with Crippen LogP contribution in [-0.2, 0) is 21.6 Å². The van der Waals surface area contributed by atoms with Gasteiger partial charge in [-0.3, -0.25) is 0 Å². The van der Waals surface area contributed by atoms with E-state index < -0.39 is 29.2 Å². The molecule has 0 radical (unpaired) electrons. The molecule has 7 heteroatoms. The molecule has 0 spiro atoms. The van der Waals surface area contributed by atoms with Crippen LogP contribution in [0.1, 0.15) is 11.1 Å². The van der Waals surface area contributed by atoms with E-state index in [1.165, 1.54) is 0 Å². The van der Waals surface area contributed by atoms with Gasteiger partial charge in [0.05, 0.1) is 12.7 Å². The number of hydrogen-bond donors (Lipinski definition) is 0. The SMILES string of the molecule is COC(=O)C(F)(F)c1cccc(C(F)(F)F)c1. The molecule has 0 fully saturated rings. The number of halogens is 5. The fourth-order valence-electron chi connectivity index (χ4n) is 1.14. The Morgan fingerprint density at radius 2 is 1.65 bits per heavy atom. The fourth-order valence-corrected chi connectivity index (χ4v) is 1.14. The zero-order chi connectivity index (χ0) is 13.3. The smallest absolute Gasteiger partial charge is 0.416 e. The van der Waals surface area contributed by atoms with Crippen molar-refractivity contribution in [2.45, 2.75) is 12.1 Å². The first-order chi connectivity index (χ1) is 7.69. The maximum Gasteiger partial charge on any atom is 0.416 e. The highest BCUT2D eigenvalue weighted by Gasteiger charge is 2.43. The number of hydrogen-bond acceptors (Lipinski definition) is 2. The van der Waals surface area contributed by atoms with E-state index in [4.69, 9.17) is 0 Å². The summed E-state index contributed by atoms with van der Waals surface area (Å²) in [5.74, 6) is -6.01. The topological polar surface area (TPSA) is 26.3 Å². The average molecular weight is 254 g/mol. The number of carbonyl (C=O) groups excluding carboxylic acids is 1. The molecule has 0 atom stereocenters. The lowest BCUT2D eigenvalue weighted by Crippen LogP contribution is -2.27. The Kier molecular flexibility index (Phi) is 3.40. The summed E-state index contributed by atoms with van der Waals surface area (Å²) in [6, 6.07) is 2.38. The maximum absolute atomic E-state index is 13.3. The minimum atomic E-state index is -4.75. The van der Waals surface area contributed by atoms with E-state index in [9.17, 15) is 26.7 Å². The van der Waals surface area contributed by atoms with E-state index >= 15 is 0 Å². The molecule has 0 unspecified atom stereocenters. The third-order valence-electron chi connectivity index (χ3n) is 1.99. The van der Waals surface area contributed by atoms with Crippen molar-refractivity contribution in [3.63, 3.8) is 0 Å². The third kappa shape index (κ3) is 2.72. The summed E-state index contributed by atoms with van der Waals surface area (Å²) in [5.41, 5.74) is -2.31. The Labute approximate surface area is 93.0 Å². The number of benzene rings is 1. The Balaban J connectivity index is 3.20. The van der Waals surface area contributed by atoms with Crippen LogP contribution in [0.4, 0.5) is 22.0 Å². The van der Waals surface area contributed by atoms with E-state index in [0.717, 1.165) is 19.2 Å². The maximum atomic E-state index is 13.3. The summed E-state index contributed by atoms with van der Waals surface area (Å²) in [5, 5.41) is 0. The third-order valence-corrected chi connectivity index (χ3v) is 1.99. The van der Waals surface area contributed by atoms with Crippen molar-refractivity contribution in [1.82, 2.24) is 0 Å². The van der Waals surface area contributed by atoms with Crippen LogP contribution in [-0.4, -0.2) is 13.1 Å². The summed E-state index contributed by atoms with van der Waals surface area (Å²) in [6.45, 7) is 0. The number of methoxy groups -OCH3 is 1. The second-order valence-corrected chi connectivity index (χ2v) is 3.14. The van der Waals surface area contributed by atoms with Gasteiger partial charge in [0.2, 0.25) is 0 Å². The molecule has 0 heterocycles. The summed E-state index contributed by atoms with van der Waals surface area (Å²) in [6.07, 6.45) is -4.75. The predicted octanol–water partition coefficient (Wildman–Crippen LogP) is 2.97. The first-order valence-corrected chi connectivity index (χ1v) is 4.33. The highest BCUT2D eigenvalue weighted by Crippen LogP contribution is 2.34. The Bertz CT molecular complexity index is 425. The van der Waals surface area contributed by atoms with Crippen molar-refractivity contribution >= 4 is 5.97 Å². The average Bonchev–Trinajstić information content (AvgIpc) is 2.27. The minimum absolute atomic E-state index is 0.219. The lowest BCUT2D eigenvalue weighted by molar-refractivity contribution is -0.170. The van der Waals surface area contributed by atoms with Gasteiger partial charge in [0.1, 0.15) is 0 Å². The van der Waals surface area contributed by atoms with Crippen molar-refractivity contribution in [2.24, 2.45) is 0 Å². The summed E-state index contributed by atoms with van der Waals surface area (Å²) in [4.78, 5) is 10.7. The molecular formula is C10H7F5O2. The van der Waals surface area contributed by atoms with Crippen LogP contribution in [0.5, 0.6) is 0 Å². The van der Waals surface area contributed by atoms with Crippen LogP contribution in [0, 0.1) is 0 Å². The number of rotatable bonds is 2. The monoisotopic (exact) mass is 254 g/mol.